The van der Waals surface area contributed by atoms with Gasteiger partial charge in [-0.15, -0.1) is 0 Å². The first-order chi connectivity index (χ1) is 9.44. The minimum atomic E-state index is -3.25. The van der Waals surface area contributed by atoms with E-state index in [1.807, 2.05) is 0 Å². The molecule has 2 rings (SSSR count). The van der Waals surface area contributed by atoms with E-state index in [4.69, 9.17) is 11.6 Å². The highest BCUT2D eigenvalue weighted by molar-refractivity contribution is 7.89. The highest BCUT2D eigenvalue weighted by Gasteiger charge is 2.31. The van der Waals surface area contributed by atoms with Crippen molar-refractivity contribution in [2.45, 2.75) is 19.8 Å². The average molecular weight is 321 g/mol. The van der Waals surface area contributed by atoms with E-state index in [2.05, 4.69) is 15.5 Å². The molecule has 1 aliphatic heterocycles. The number of rotatable bonds is 4. The number of aromatic nitrogens is 2. The van der Waals surface area contributed by atoms with E-state index in [-0.39, 0.29) is 29.3 Å². The van der Waals surface area contributed by atoms with E-state index in [9.17, 15) is 13.2 Å². The maximum Gasteiger partial charge on any atom is 0.228 e. The summed E-state index contributed by atoms with van der Waals surface area (Å²) in [5.74, 6) is -0.546. The standard InChI is InChI=1S/C11H17ClN4O3S/c1-2-20(18,19)16-5-3-4-8(7-16)11(17)14-9-6-13-15-10(9)12/h6,8H,2-5,7H2,1H3,(H,13,15)(H,14,17). The summed E-state index contributed by atoms with van der Waals surface area (Å²) in [6, 6.07) is 0. The number of hydrogen-bond donors (Lipinski definition) is 2. The predicted molar refractivity (Wildman–Crippen MR) is 76.0 cm³/mol. The molecule has 7 nitrogen and oxygen atoms in total. The van der Waals surface area contributed by atoms with Crippen LogP contribution < -0.4 is 5.32 Å². The van der Waals surface area contributed by atoms with Crippen LogP contribution in [0.2, 0.25) is 5.15 Å². The largest absolute Gasteiger partial charge is 0.322 e. The van der Waals surface area contributed by atoms with E-state index < -0.39 is 10.0 Å². The van der Waals surface area contributed by atoms with Crippen LogP contribution in [0.15, 0.2) is 6.20 Å². The third kappa shape index (κ3) is 3.31. The Bertz CT molecular complexity index is 586. The van der Waals surface area contributed by atoms with Crippen molar-refractivity contribution in [2.75, 3.05) is 24.2 Å². The lowest BCUT2D eigenvalue weighted by molar-refractivity contribution is -0.120. The number of anilines is 1. The Morgan fingerprint density at radius 1 is 1.65 bits per heavy atom. The van der Waals surface area contributed by atoms with Crippen molar-refractivity contribution in [3.05, 3.63) is 11.3 Å². The topological polar surface area (TPSA) is 95.2 Å². The number of amides is 1. The van der Waals surface area contributed by atoms with Gasteiger partial charge in [-0.3, -0.25) is 9.89 Å². The monoisotopic (exact) mass is 320 g/mol. The lowest BCUT2D eigenvalue weighted by atomic mass is 9.99. The van der Waals surface area contributed by atoms with E-state index in [1.54, 1.807) is 6.92 Å². The molecule has 2 heterocycles. The fourth-order valence-electron chi connectivity index (χ4n) is 2.18. The summed E-state index contributed by atoms with van der Waals surface area (Å²) in [4.78, 5) is 12.1. The van der Waals surface area contributed by atoms with Crippen molar-refractivity contribution in [2.24, 2.45) is 5.92 Å². The number of nitrogens with zero attached hydrogens (tertiary/aromatic N) is 2. The van der Waals surface area contributed by atoms with E-state index >= 15 is 0 Å². The van der Waals surface area contributed by atoms with Gasteiger partial charge in [0.1, 0.15) is 5.15 Å². The molecule has 1 amide bonds. The minimum absolute atomic E-state index is 0.0505. The number of piperidine rings is 1. The number of carbonyl (C=O) groups is 1. The minimum Gasteiger partial charge on any atom is -0.322 e. The van der Waals surface area contributed by atoms with Gasteiger partial charge < -0.3 is 5.32 Å². The SMILES string of the molecule is CCS(=O)(=O)N1CCCC(C(=O)Nc2cn[nH]c2Cl)C1. The molecule has 0 radical (unpaired) electrons. The zero-order chi connectivity index (χ0) is 14.8. The Labute approximate surface area is 122 Å². The summed E-state index contributed by atoms with van der Waals surface area (Å²) in [5.41, 5.74) is 0.409. The van der Waals surface area contributed by atoms with Crippen LogP contribution in [0.3, 0.4) is 0 Å². The van der Waals surface area contributed by atoms with E-state index in [0.29, 0.717) is 25.1 Å². The fraction of sp³-hybridized carbons (Fsp3) is 0.636. The van der Waals surface area contributed by atoms with Crippen molar-refractivity contribution in [3.8, 4) is 0 Å². The van der Waals surface area contributed by atoms with Crippen LogP contribution >= 0.6 is 11.6 Å². The van der Waals surface area contributed by atoms with Crippen molar-refractivity contribution in [1.29, 1.82) is 0 Å². The predicted octanol–water partition coefficient (Wildman–Crippen LogP) is 1.06. The van der Waals surface area contributed by atoms with Crippen LogP contribution in [-0.2, 0) is 14.8 Å². The summed E-state index contributed by atoms with van der Waals surface area (Å²) < 4.78 is 25.1. The lowest BCUT2D eigenvalue weighted by Crippen LogP contribution is -2.44. The summed E-state index contributed by atoms with van der Waals surface area (Å²) in [6.07, 6.45) is 2.76. The molecule has 1 aromatic heterocycles. The van der Waals surface area contributed by atoms with Crippen LogP contribution in [0.1, 0.15) is 19.8 Å². The second-order valence-corrected chi connectivity index (χ2v) is 7.32. The molecule has 1 aromatic rings. The normalized spacial score (nSPS) is 20.8. The molecule has 0 saturated carbocycles. The van der Waals surface area contributed by atoms with Crippen molar-refractivity contribution in [1.82, 2.24) is 14.5 Å². The fourth-order valence-corrected chi connectivity index (χ4v) is 3.51. The van der Waals surface area contributed by atoms with Gasteiger partial charge in [0.25, 0.3) is 0 Å². The highest BCUT2D eigenvalue weighted by atomic mass is 35.5. The number of hydrogen-bond acceptors (Lipinski definition) is 4. The number of nitrogens with one attached hydrogen (secondary N) is 2. The number of aromatic amines is 1. The van der Waals surface area contributed by atoms with Gasteiger partial charge in [-0.25, -0.2) is 12.7 Å². The van der Waals surface area contributed by atoms with Crippen LogP contribution in [0.4, 0.5) is 5.69 Å². The van der Waals surface area contributed by atoms with Crippen molar-refractivity contribution in [3.63, 3.8) is 0 Å². The quantitative estimate of drug-likeness (QED) is 0.867. The summed E-state index contributed by atoms with van der Waals surface area (Å²) >= 11 is 5.81. The zero-order valence-electron chi connectivity index (χ0n) is 11.1. The number of sulfonamides is 1. The summed E-state index contributed by atoms with van der Waals surface area (Å²) in [7, 11) is -3.25. The molecule has 0 bridgehead atoms. The van der Waals surface area contributed by atoms with Gasteiger partial charge in [0.2, 0.25) is 15.9 Å². The van der Waals surface area contributed by atoms with E-state index in [0.717, 1.165) is 0 Å². The first-order valence-electron chi connectivity index (χ1n) is 6.41. The maximum absolute atomic E-state index is 12.1. The Hall–Kier alpha value is -1.12. The van der Waals surface area contributed by atoms with Gasteiger partial charge in [-0.1, -0.05) is 11.6 Å². The average Bonchev–Trinajstić information content (AvgIpc) is 2.84. The first-order valence-corrected chi connectivity index (χ1v) is 8.40. The molecule has 1 aliphatic rings. The lowest BCUT2D eigenvalue weighted by Gasteiger charge is -2.30. The van der Waals surface area contributed by atoms with Gasteiger partial charge in [0, 0.05) is 13.1 Å². The van der Waals surface area contributed by atoms with Crippen LogP contribution in [-0.4, -0.2) is 47.7 Å². The molecule has 20 heavy (non-hydrogen) atoms. The molecule has 0 aromatic carbocycles. The van der Waals surface area contributed by atoms with Gasteiger partial charge in [0.15, 0.2) is 0 Å². The Kier molecular flexibility index (Phi) is 4.66. The van der Waals surface area contributed by atoms with Crippen molar-refractivity contribution >= 4 is 33.2 Å². The highest BCUT2D eigenvalue weighted by Crippen LogP contribution is 2.23. The molecule has 112 valence electrons. The number of halogens is 1. The Morgan fingerprint density at radius 2 is 2.40 bits per heavy atom. The van der Waals surface area contributed by atoms with Gasteiger partial charge in [-0.2, -0.15) is 5.10 Å². The molecule has 1 atom stereocenters. The Balaban J connectivity index is 2.02. The molecule has 0 aliphatic carbocycles. The number of carbonyl (C=O) groups excluding carboxylic acids is 1. The van der Waals surface area contributed by atoms with Crippen LogP contribution in [0.25, 0.3) is 0 Å². The van der Waals surface area contributed by atoms with Crippen molar-refractivity contribution < 1.29 is 13.2 Å². The second kappa shape index (κ2) is 6.11. The zero-order valence-corrected chi connectivity index (χ0v) is 12.7. The van der Waals surface area contributed by atoms with Gasteiger partial charge >= 0.3 is 0 Å². The molecule has 0 spiro atoms. The molecule has 2 N–H and O–H groups in total. The third-order valence-electron chi connectivity index (χ3n) is 3.36. The molecule has 9 heteroatoms. The van der Waals surface area contributed by atoms with Gasteiger partial charge in [-0.05, 0) is 19.8 Å². The molecule has 1 saturated heterocycles. The number of H-pyrrole nitrogens is 1. The molecule has 1 fully saturated rings. The second-order valence-electron chi connectivity index (χ2n) is 4.68. The molecular weight excluding hydrogens is 304 g/mol. The van der Waals surface area contributed by atoms with E-state index in [1.165, 1.54) is 10.5 Å². The maximum atomic E-state index is 12.1. The Morgan fingerprint density at radius 3 is 3.00 bits per heavy atom. The van der Waals surface area contributed by atoms with Gasteiger partial charge in [0.05, 0.1) is 23.6 Å². The summed E-state index contributed by atoms with van der Waals surface area (Å²) in [6.45, 7) is 2.30. The van der Waals surface area contributed by atoms with Crippen LogP contribution in [0, 0.1) is 5.92 Å². The first kappa shape index (κ1) is 15.3. The molecular formula is C11H17ClN4O3S. The van der Waals surface area contributed by atoms with Crippen LogP contribution in [0.5, 0.6) is 0 Å². The third-order valence-corrected chi connectivity index (χ3v) is 5.50. The molecule has 1 unspecified atom stereocenters. The smallest absolute Gasteiger partial charge is 0.228 e. The summed E-state index contributed by atoms with van der Waals surface area (Å²) in [5, 5.41) is 9.14.